The molecule has 0 unspecified atom stereocenters. The number of aromatic amines is 1. The Morgan fingerprint density at radius 2 is 1.67 bits per heavy atom. The lowest BCUT2D eigenvalue weighted by molar-refractivity contribution is 0.641. The molecule has 4 rings (SSSR count). The van der Waals surface area contributed by atoms with Crippen LogP contribution in [0.3, 0.4) is 0 Å². The van der Waals surface area contributed by atoms with Gasteiger partial charge in [-0.25, -0.2) is 4.68 Å². The smallest absolute Gasteiger partial charge is 0.279 e. The van der Waals surface area contributed by atoms with Gasteiger partial charge in [-0.15, -0.1) is 0 Å². The minimum absolute atomic E-state index is 0.0981. The van der Waals surface area contributed by atoms with Crippen molar-refractivity contribution in [1.29, 1.82) is 0 Å². The van der Waals surface area contributed by atoms with Gasteiger partial charge in [0.1, 0.15) is 0 Å². The van der Waals surface area contributed by atoms with E-state index in [1.165, 1.54) is 15.9 Å². The van der Waals surface area contributed by atoms with Crippen LogP contribution in [0, 0.1) is 0 Å². The molecule has 2 aromatic carbocycles. The molecule has 4 nitrogen and oxygen atoms in total. The van der Waals surface area contributed by atoms with Gasteiger partial charge < -0.3 is 4.90 Å². The number of rotatable bonds is 2. The van der Waals surface area contributed by atoms with Gasteiger partial charge in [-0.3, -0.25) is 9.89 Å². The van der Waals surface area contributed by atoms with E-state index in [0.717, 1.165) is 11.4 Å². The molecular weight excluding hydrogens is 334 g/mol. The normalized spacial score (nSPS) is 17.5. The average Bonchev–Trinajstić information content (AvgIpc) is 3.06. The second-order valence-electron chi connectivity index (χ2n) is 7.40. The summed E-state index contributed by atoms with van der Waals surface area (Å²) in [7, 11) is 2.07. The van der Waals surface area contributed by atoms with Crippen LogP contribution in [0.25, 0.3) is 18.3 Å². The van der Waals surface area contributed by atoms with E-state index in [2.05, 4.69) is 61.7 Å². The number of allylic oxidation sites excluding steroid dienone is 2. The standard InChI is InChI=1S/C23H23N3O/c1-16-18(22(27)26(24-16)17-10-6-5-7-11-17)14-15-21-23(2,3)19-12-8-9-13-20(19)25(21)4/h5-15,24H,1H2,2-4H3/b18-14-,21-15+. The van der Waals surface area contributed by atoms with Crippen LogP contribution in [-0.4, -0.2) is 16.8 Å². The Bertz CT molecular complexity index is 1200. The molecule has 0 saturated carbocycles. The summed E-state index contributed by atoms with van der Waals surface area (Å²) >= 11 is 0. The van der Waals surface area contributed by atoms with Crippen molar-refractivity contribution < 1.29 is 0 Å². The average molecular weight is 357 g/mol. The Labute approximate surface area is 158 Å². The SMILES string of the molecule is C=c1[nH]n(-c2ccccc2)c(=O)/c1=C\C=C1\N(C)c2ccccc2C1(C)C. The maximum absolute atomic E-state index is 12.9. The summed E-state index contributed by atoms with van der Waals surface area (Å²) in [4.78, 5) is 15.1. The fraction of sp³-hybridized carbons (Fsp3) is 0.174. The quantitative estimate of drug-likeness (QED) is 0.766. The second kappa shape index (κ2) is 6.16. The molecule has 0 bridgehead atoms. The number of likely N-dealkylation sites (N-methyl/N-ethyl adjacent to an activating group) is 1. The van der Waals surface area contributed by atoms with Gasteiger partial charge in [-0.2, -0.15) is 0 Å². The molecule has 27 heavy (non-hydrogen) atoms. The second-order valence-corrected chi connectivity index (χ2v) is 7.40. The zero-order valence-corrected chi connectivity index (χ0v) is 15.9. The van der Waals surface area contributed by atoms with Crippen molar-refractivity contribution in [3.63, 3.8) is 0 Å². The summed E-state index contributed by atoms with van der Waals surface area (Å²) in [6.45, 7) is 8.43. The number of para-hydroxylation sites is 2. The Morgan fingerprint density at radius 3 is 2.37 bits per heavy atom. The van der Waals surface area contributed by atoms with E-state index in [-0.39, 0.29) is 11.0 Å². The lowest BCUT2D eigenvalue weighted by Crippen LogP contribution is -2.34. The molecule has 1 aliphatic rings. The highest BCUT2D eigenvalue weighted by atomic mass is 16.1. The van der Waals surface area contributed by atoms with Crippen LogP contribution in [0.1, 0.15) is 19.4 Å². The predicted molar refractivity (Wildman–Crippen MR) is 112 cm³/mol. The van der Waals surface area contributed by atoms with Crippen molar-refractivity contribution in [2.45, 2.75) is 19.3 Å². The number of aromatic nitrogens is 2. The van der Waals surface area contributed by atoms with Gasteiger partial charge in [0, 0.05) is 23.8 Å². The van der Waals surface area contributed by atoms with Gasteiger partial charge in [-0.1, -0.05) is 56.8 Å². The number of H-pyrrole nitrogens is 1. The first-order valence-electron chi connectivity index (χ1n) is 9.02. The van der Waals surface area contributed by atoms with Gasteiger partial charge in [-0.05, 0) is 35.9 Å². The largest absolute Gasteiger partial charge is 0.347 e. The molecule has 2 heterocycles. The summed E-state index contributed by atoms with van der Waals surface area (Å²) in [5, 5.41) is 4.26. The topological polar surface area (TPSA) is 41.0 Å². The first-order chi connectivity index (χ1) is 12.9. The minimum Gasteiger partial charge on any atom is -0.347 e. The molecule has 0 atom stereocenters. The third-order valence-corrected chi connectivity index (χ3v) is 5.37. The van der Waals surface area contributed by atoms with E-state index in [0.29, 0.717) is 10.6 Å². The summed E-state index contributed by atoms with van der Waals surface area (Å²) in [6, 6.07) is 17.9. The molecule has 0 spiro atoms. The zero-order chi connectivity index (χ0) is 19.2. The molecular formula is C23H23N3O. The Hall–Kier alpha value is -3.27. The zero-order valence-electron chi connectivity index (χ0n) is 15.9. The van der Waals surface area contributed by atoms with E-state index in [1.807, 2.05) is 42.5 Å². The van der Waals surface area contributed by atoms with E-state index in [1.54, 1.807) is 0 Å². The van der Waals surface area contributed by atoms with E-state index < -0.39 is 0 Å². The van der Waals surface area contributed by atoms with Crippen LogP contribution < -0.4 is 21.0 Å². The number of hydrogen-bond acceptors (Lipinski definition) is 2. The molecule has 4 heteroatoms. The Balaban J connectivity index is 1.84. The van der Waals surface area contributed by atoms with E-state index >= 15 is 0 Å². The first-order valence-corrected chi connectivity index (χ1v) is 9.02. The molecule has 3 aromatic rings. The summed E-state index contributed by atoms with van der Waals surface area (Å²) in [6.07, 6.45) is 3.91. The fourth-order valence-electron chi connectivity index (χ4n) is 3.89. The monoisotopic (exact) mass is 357 g/mol. The number of anilines is 1. The van der Waals surface area contributed by atoms with Gasteiger partial charge in [0.15, 0.2) is 0 Å². The molecule has 0 fully saturated rings. The van der Waals surface area contributed by atoms with E-state index in [4.69, 9.17) is 0 Å². The van der Waals surface area contributed by atoms with Crippen molar-refractivity contribution in [3.05, 3.63) is 92.9 Å². The highest BCUT2D eigenvalue weighted by Crippen LogP contribution is 2.46. The number of nitrogens with one attached hydrogen (secondary N) is 1. The van der Waals surface area contributed by atoms with Crippen molar-refractivity contribution in [2.75, 3.05) is 11.9 Å². The van der Waals surface area contributed by atoms with E-state index in [9.17, 15) is 4.79 Å². The third kappa shape index (κ3) is 2.65. The van der Waals surface area contributed by atoms with Gasteiger partial charge >= 0.3 is 0 Å². The lowest BCUT2D eigenvalue weighted by atomic mass is 9.84. The van der Waals surface area contributed by atoms with Crippen LogP contribution in [0.4, 0.5) is 5.69 Å². The molecule has 1 N–H and O–H groups in total. The maximum atomic E-state index is 12.9. The molecule has 0 radical (unpaired) electrons. The maximum Gasteiger partial charge on any atom is 0.279 e. The number of benzene rings is 2. The minimum atomic E-state index is -0.127. The fourth-order valence-corrected chi connectivity index (χ4v) is 3.89. The number of hydrogen-bond donors (Lipinski definition) is 1. The summed E-state index contributed by atoms with van der Waals surface area (Å²) in [5.74, 6) is 0. The van der Waals surface area contributed by atoms with Crippen molar-refractivity contribution in [3.8, 4) is 5.69 Å². The molecule has 0 saturated heterocycles. The molecule has 0 aliphatic carbocycles. The van der Waals surface area contributed by atoms with Crippen molar-refractivity contribution in [2.24, 2.45) is 0 Å². The molecule has 1 aromatic heterocycles. The van der Waals surface area contributed by atoms with Crippen LogP contribution in [0.2, 0.25) is 0 Å². The lowest BCUT2D eigenvalue weighted by Gasteiger charge is -2.23. The highest BCUT2D eigenvalue weighted by molar-refractivity contribution is 5.71. The van der Waals surface area contributed by atoms with Crippen LogP contribution in [-0.2, 0) is 5.41 Å². The van der Waals surface area contributed by atoms with Crippen LogP contribution >= 0.6 is 0 Å². The highest BCUT2D eigenvalue weighted by Gasteiger charge is 2.37. The first kappa shape index (κ1) is 17.2. The third-order valence-electron chi connectivity index (χ3n) is 5.37. The molecule has 1 aliphatic heterocycles. The molecule has 0 amide bonds. The molecule has 136 valence electrons. The van der Waals surface area contributed by atoms with Crippen LogP contribution in [0.5, 0.6) is 0 Å². The van der Waals surface area contributed by atoms with Gasteiger partial charge in [0.2, 0.25) is 0 Å². The number of fused-ring (bicyclic) bond motifs is 1. The van der Waals surface area contributed by atoms with Gasteiger partial charge in [0.05, 0.1) is 16.3 Å². The van der Waals surface area contributed by atoms with Gasteiger partial charge in [0.25, 0.3) is 5.56 Å². The summed E-state index contributed by atoms with van der Waals surface area (Å²) in [5.41, 5.74) is 4.21. The van der Waals surface area contributed by atoms with Crippen molar-refractivity contribution >= 4 is 18.3 Å². The predicted octanol–water partition coefficient (Wildman–Crippen LogP) is 2.67. The Morgan fingerprint density at radius 1 is 1.00 bits per heavy atom. The van der Waals surface area contributed by atoms with Crippen molar-refractivity contribution in [1.82, 2.24) is 9.78 Å². The Kier molecular flexibility index (Phi) is 3.92. The van der Waals surface area contributed by atoms with Crippen LogP contribution in [0.15, 0.2) is 71.2 Å². The number of nitrogens with zero attached hydrogens (tertiary/aromatic N) is 2. The summed E-state index contributed by atoms with van der Waals surface area (Å²) < 4.78 is 1.53.